The molecule has 1 aliphatic heterocycles. The summed E-state index contributed by atoms with van der Waals surface area (Å²) < 4.78 is 0. The van der Waals surface area contributed by atoms with E-state index in [9.17, 15) is 4.79 Å². The Balaban J connectivity index is 0.00000264. The van der Waals surface area contributed by atoms with Crippen LogP contribution in [-0.2, 0) is 11.2 Å². The van der Waals surface area contributed by atoms with E-state index in [4.69, 9.17) is 0 Å². The number of benzene rings is 1. The van der Waals surface area contributed by atoms with Gasteiger partial charge in [0.1, 0.15) is 0 Å². The average Bonchev–Trinajstić information content (AvgIpc) is 2.52. The molecule has 4 heteroatoms. The van der Waals surface area contributed by atoms with E-state index in [-0.39, 0.29) is 29.6 Å². The monoisotopic (exact) mass is 338 g/mol. The number of rotatable bonds is 6. The van der Waals surface area contributed by atoms with Crippen molar-refractivity contribution in [1.29, 1.82) is 0 Å². The van der Waals surface area contributed by atoms with Gasteiger partial charge in [0.15, 0.2) is 0 Å². The summed E-state index contributed by atoms with van der Waals surface area (Å²) in [6.45, 7) is 9.48. The molecule has 0 saturated carbocycles. The Morgan fingerprint density at radius 2 is 1.83 bits per heavy atom. The number of hydrogen-bond donors (Lipinski definition) is 2. The van der Waals surface area contributed by atoms with Gasteiger partial charge < -0.3 is 10.6 Å². The molecule has 2 rings (SSSR count). The summed E-state index contributed by atoms with van der Waals surface area (Å²) in [5.74, 6) is 0.604. The van der Waals surface area contributed by atoms with Crippen molar-refractivity contribution >= 4 is 18.3 Å². The van der Waals surface area contributed by atoms with Crippen LogP contribution in [0.5, 0.6) is 0 Å². The van der Waals surface area contributed by atoms with Crippen LogP contribution in [-0.4, -0.2) is 25.5 Å². The number of nitrogens with one attached hydrogen (secondary N) is 2. The highest BCUT2D eigenvalue weighted by molar-refractivity contribution is 5.85. The summed E-state index contributed by atoms with van der Waals surface area (Å²) in [7, 11) is 0. The lowest BCUT2D eigenvalue weighted by Gasteiger charge is -2.35. The van der Waals surface area contributed by atoms with Gasteiger partial charge in [-0.2, -0.15) is 0 Å². The van der Waals surface area contributed by atoms with Gasteiger partial charge in [-0.05, 0) is 49.2 Å². The molecule has 1 aliphatic rings. The zero-order chi connectivity index (χ0) is 16.0. The van der Waals surface area contributed by atoms with E-state index in [1.54, 1.807) is 0 Å². The maximum absolute atomic E-state index is 12.6. The van der Waals surface area contributed by atoms with Crippen LogP contribution >= 0.6 is 12.4 Å². The van der Waals surface area contributed by atoms with Crippen molar-refractivity contribution in [2.24, 2.45) is 17.3 Å². The zero-order valence-corrected chi connectivity index (χ0v) is 15.4. The second-order valence-electron chi connectivity index (χ2n) is 7.32. The third kappa shape index (κ3) is 6.15. The largest absolute Gasteiger partial charge is 0.355 e. The van der Waals surface area contributed by atoms with Crippen LogP contribution < -0.4 is 10.6 Å². The molecular formula is C19H31ClN2O. The first kappa shape index (κ1) is 20.0. The van der Waals surface area contributed by atoms with E-state index in [1.165, 1.54) is 5.56 Å². The van der Waals surface area contributed by atoms with Crippen molar-refractivity contribution in [3.05, 3.63) is 35.9 Å². The summed E-state index contributed by atoms with van der Waals surface area (Å²) in [4.78, 5) is 12.6. The van der Waals surface area contributed by atoms with E-state index in [0.29, 0.717) is 5.92 Å². The predicted molar refractivity (Wildman–Crippen MR) is 98.9 cm³/mol. The highest BCUT2D eigenvalue weighted by atomic mass is 35.5. The molecule has 1 atom stereocenters. The van der Waals surface area contributed by atoms with Crippen molar-refractivity contribution in [2.45, 2.75) is 40.0 Å². The number of amides is 1. The molecule has 0 bridgehead atoms. The van der Waals surface area contributed by atoms with E-state index in [1.807, 2.05) is 18.2 Å². The van der Waals surface area contributed by atoms with Crippen LogP contribution in [0, 0.1) is 17.3 Å². The van der Waals surface area contributed by atoms with Gasteiger partial charge in [0.25, 0.3) is 0 Å². The van der Waals surface area contributed by atoms with Gasteiger partial charge in [-0.15, -0.1) is 12.4 Å². The van der Waals surface area contributed by atoms with Gasteiger partial charge in [-0.25, -0.2) is 0 Å². The topological polar surface area (TPSA) is 41.1 Å². The van der Waals surface area contributed by atoms with Crippen molar-refractivity contribution in [2.75, 3.05) is 19.6 Å². The zero-order valence-electron chi connectivity index (χ0n) is 14.6. The standard InChI is InChI=1S/C19H30N2O.ClH/c1-15(2)17(13-16-7-5-4-6-8-16)18(22)21-14-19(3)9-11-20-12-10-19;/h4-8,15,17,20H,9-14H2,1-3H3,(H,21,22);1H. The molecule has 1 heterocycles. The van der Waals surface area contributed by atoms with Gasteiger partial charge in [-0.3, -0.25) is 4.79 Å². The van der Waals surface area contributed by atoms with E-state index in [0.717, 1.165) is 38.9 Å². The Morgan fingerprint density at radius 3 is 2.39 bits per heavy atom. The molecule has 1 amide bonds. The lowest BCUT2D eigenvalue weighted by Crippen LogP contribution is -2.45. The number of halogens is 1. The van der Waals surface area contributed by atoms with Crippen molar-refractivity contribution in [1.82, 2.24) is 10.6 Å². The molecule has 1 saturated heterocycles. The molecular weight excluding hydrogens is 308 g/mol. The molecule has 0 aliphatic carbocycles. The summed E-state index contributed by atoms with van der Waals surface area (Å²) >= 11 is 0. The van der Waals surface area contributed by atoms with Crippen LogP contribution in [0.15, 0.2) is 30.3 Å². The van der Waals surface area contributed by atoms with E-state index in [2.05, 4.69) is 43.5 Å². The second kappa shape index (κ2) is 9.29. The fraction of sp³-hybridized carbons (Fsp3) is 0.632. The first-order valence-electron chi connectivity index (χ1n) is 8.52. The number of carbonyl (C=O) groups excluding carboxylic acids is 1. The first-order valence-corrected chi connectivity index (χ1v) is 8.52. The van der Waals surface area contributed by atoms with Gasteiger partial charge in [0, 0.05) is 12.5 Å². The number of carbonyl (C=O) groups is 1. The summed E-state index contributed by atoms with van der Waals surface area (Å²) in [6.07, 6.45) is 3.10. The molecule has 1 aromatic carbocycles. The van der Waals surface area contributed by atoms with Crippen LogP contribution in [0.25, 0.3) is 0 Å². The highest BCUT2D eigenvalue weighted by Crippen LogP contribution is 2.27. The quantitative estimate of drug-likeness (QED) is 0.834. The van der Waals surface area contributed by atoms with Gasteiger partial charge in [0.2, 0.25) is 5.91 Å². The van der Waals surface area contributed by atoms with E-state index >= 15 is 0 Å². The summed E-state index contributed by atoms with van der Waals surface area (Å²) in [5.41, 5.74) is 1.49. The third-order valence-electron chi connectivity index (χ3n) is 4.94. The molecule has 23 heavy (non-hydrogen) atoms. The molecule has 1 fully saturated rings. The molecule has 0 aromatic heterocycles. The predicted octanol–water partition coefficient (Wildman–Crippen LogP) is 3.43. The first-order chi connectivity index (χ1) is 10.5. The molecule has 1 aromatic rings. The average molecular weight is 339 g/mol. The van der Waals surface area contributed by atoms with Gasteiger partial charge in [0.05, 0.1) is 0 Å². The number of piperidine rings is 1. The Bertz CT molecular complexity index is 470. The Morgan fingerprint density at radius 1 is 1.22 bits per heavy atom. The smallest absolute Gasteiger partial charge is 0.223 e. The Hall–Kier alpha value is -1.06. The van der Waals surface area contributed by atoms with Crippen molar-refractivity contribution < 1.29 is 4.79 Å². The summed E-state index contributed by atoms with van der Waals surface area (Å²) in [5, 5.41) is 6.62. The molecule has 1 unspecified atom stereocenters. The maximum Gasteiger partial charge on any atom is 0.223 e. The summed E-state index contributed by atoms with van der Waals surface area (Å²) in [6, 6.07) is 10.3. The maximum atomic E-state index is 12.6. The minimum atomic E-state index is 0. The minimum absolute atomic E-state index is 0. The Labute approximate surface area is 147 Å². The molecule has 2 N–H and O–H groups in total. The lowest BCUT2D eigenvalue weighted by molar-refractivity contribution is -0.126. The van der Waals surface area contributed by atoms with Gasteiger partial charge in [-0.1, -0.05) is 51.1 Å². The van der Waals surface area contributed by atoms with Crippen LogP contribution in [0.1, 0.15) is 39.2 Å². The lowest BCUT2D eigenvalue weighted by atomic mass is 9.80. The van der Waals surface area contributed by atoms with Crippen LogP contribution in [0.3, 0.4) is 0 Å². The van der Waals surface area contributed by atoms with E-state index < -0.39 is 0 Å². The van der Waals surface area contributed by atoms with Gasteiger partial charge >= 0.3 is 0 Å². The highest BCUT2D eigenvalue weighted by Gasteiger charge is 2.29. The molecule has 0 radical (unpaired) electrons. The second-order valence-corrected chi connectivity index (χ2v) is 7.32. The number of hydrogen-bond acceptors (Lipinski definition) is 2. The normalized spacial score (nSPS) is 18.1. The minimum Gasteiger partial charge on any atom is -0.355 e. The third-order valence-corrected chi connectivity index (χ3v) is 4.94. The fourth-order valence-electron chi connectivity index (χ4n) is 3.14. The SMILES string of the molecule is CC(C)C(Cc1ccccc1)C(=O)NCC1(C)CCNCC1.Cl. The molecule has 0 spiro atoms. The Kier molecular flexibility index (Phi) is 8.07. The molecule has 3 nitrogen and oxygen atoms in total. The van der Waals surface area contributed by atoms with Crippen molar-refractivity contribution in [3.8, 4) is 0 Å². The van der Waals surface area contributed by atoms with Crippen molar-refractivity contribution in [3.63, 3.8) is 0 Å². The molecule has 130 valence electrons. The van der Waals surface area contributed by atoms with Crippen LogP contribution in [0.2, 0.25) is 0 Å². The fourth-order valence-corrected chi connectivity index (χ4v) is 3.14. The van der Waals surface area contributed by atoms with Crippen LogP contribution in [0.4, 0.5) is 0 Å².